The summed E-state index contributed by atoms with van der Waals surface area (Å²) >= 11 is 8.93. The Bertz CT molecular complexity index is 670. The second-order valence-electron chi connectivity index (χ2n) is 4.63. The Morgan fingerprint density at radius 1 is 1.23 bits per heavy atom. The second-order valence-corrected chi connectivity index (χ2v) is 5.85. The molecule has 0 fully saturated rings. The first-order valence-corrected chi connectivity index (χ1v) is 7.71. The van der Waals surface area contributed by atoms with Crippen molar-refractivity contribution in [1.82, 2.24) is 10.6 Å². The van der Waals surface area contributed by atoms with Crippen LogP contribution in [0.4, 0.5) is 0 Å². The third kappa shape index (κ3) is 4.61. The van der Waals surface area contributed by atoms with E-state index in [0.29, 0.717) is 9.69 Å². The van der Waals surface area contributed by atoms with Gasteiger partial charge >= 0.3 is 0 Å². The number of hydrogen-bond donors (Lipinski definition) is 2. The SMILES string of the molecule is C[C@H](NC(=O)CNC(=O)c1ccc(Br)o1)c1ccc(Cl)cc1. The lowest BCUT2D eigenvalue weighted by molar-refractivity contribution is -0.120. The van der Waals surface area contributed by atoms with Crippen molar-refractivity contribution in [1.29, 1.82) is 0 Å². The molecule has 1 aromatic heterocycles. The molecule has 0 saturated carbocycles. The van der Waals surface area contributed by atoms with Crippen LogP contribution in [0.5, 0.6) is 0 Å². The van der Waals surface area contributed by atoms with Crippen LogP contribution in [-0.2, 0) is 4.79 Å². The van der Waals surface area contributed by atoms with Crippen molar-refractivity contribution in [2.24, 2.45) is 0 Å². The maximum atomic E-state index is 11.8. The normalized spacial score (nSPS) is 11.8. The van der Waals surface area contributed by atoms with Crippen molar-refractivity contribution in [3.05, 3.63) is 57.4 Å². The summed E-state index contributed by atoms with van der Waals surface area (Å²) in [5, 5.41) is 5.92. The molecular formula is C15H14BrClN2O3. The maximum absolute atomic E-state index is 11.8. The fraction of sp³-hybridized carbons (Fsp3) is 0.200. The van der Waals surface area contributed by atoms with Crippen LogP contribution in [-0.4, -0.2) is 18.4 Å². The first-order chi connectivity index (χ1) is 10.5. The molecule has 0 aliphatic carbocycles. The van der Waals surface area contributed by atoms with Crippen LogP contribution < -0.4 is 10.6 Å². The summed E-state index contributed by atoms with van der Waals surface area (Å²) in [7, 11) is 0. The number of benzene rings is 1. The van der Waals surface area contributed by atoms with E-state index in [1.165, 1.54) is 6.07 Å². The van der Waals surface area contributed by atoms with Gasteiger partial charge in [-0.15, -0.1) is 0 Å². The van der Waals surface area contributed by atoms with Gasteiger partial charge < -0.3 is 15.1 Å². The van der Waals surface area contributed by atoms with Crippen molar-refractivity contribution < 1.29 is 14.0 Å². The van der Waals surface area contributed by atoms with E-state index in [1.54, 1.807) is 18.2 Å². The Labute approximate surface area is 141 Å². The Balaban J connectivity index is 1.82. The highest BCUT2D eigenvalue weighted by Crippen LogP contribution is 2.16. The Hall–Kier alpha value is -1.79. The lowest BCUT2D eigenvalue weighted by Gasteiger charge is -2.14. The molecule has 7 heteroatoms. The first kappa shape index (κ1) is 16.6. The van der Waals surface area contributed by atoms with Gasteiger partial charge in [-0.1, -0.05) is 23.7 Å². The van der Waals surface area contributed by atoms with E-state index in [0.717, 1.165) is 5.56 Å². The van der Waals surface area contributed by atoms with E-state index in [1.807, 2.05) is 19.1 Å². The van der Waals surface area contributed by atoms with Crippen LogP contribution >= 0.6 is 27.5 Å². The molecule has 0 saturated heterocycles. The molecule has 2 amide bonds. The van der Waals surface area contributed by atoms with Crippen molar-refractivity contribution in [2.45, 2.75) is 13.0 Å². The predicted molar refractivity (Wildman–Crippen MR) is 86.8 cm³/mol. The Morgan fingerprint density at radius 2 is 1.91 bits per heavy atom. The van der Waals surface area contributed by atoms with E-state index in [9.17, 15) is 9.59 Å². The zero-order valence-corrected chi connectivity index (χ0v) is 14.1. The van der Waals surface area contributed by atoms with Crippen LogP contribution in [0.2, 0.25) is 5.02 Å². The minimum Gasteiger partial charge on any atom is -0.444 e. The molecule has 1 atom stereocenters. The molecule has 0 aliphatic heterocycles. The quantitative estimate of drug-likeness (QED) is 0.829. The highest BCUT2D eigenvalue weighted by atomic mass is 79.9. The summed E-state index contributed by atoms with van der Waals surface area (Å²) in [6.07, 6.45) is 0. The van der Waals surface area contributed by atoms with Crippen LogP contribution in [0.25, 0.3) is 0 Å². The number of hydrogen-bond acceptors (Lipinski definition) is 3. The largest absolute Gasteiger partial charge is 0.444 e. The molecular weight excluding hydrogens is 372 g/mol. The van der Waals surface area contributed by atoms with Gasteiger partial charge in [0.15, 0.2) is 10.4 Å². The lowest BCUT2D eigenvalue weighted by Crippen LogP contribution is -2.37. The number of amides is 2. The number of rotatable bonds is 5. The molecule has 0 spiro atoms. The summed E-state index contributed by atoms with van der Waals surface area (Å²) in [6.45, 7) is 1.72. The third-order valence-corrected chi connectivity index (χ3v) is 3.63. The number of nitrogens with one attached hydrogen (secondary N) is 2. The minimum absolute atomic E-state index is 0.130. The lowest BCUT2D eigenvalue weighted by atomic mass is 10.1. The maximum Gasteiger partial charge on any atom is 0.287 e. The van der Waals surface area contributed by atoms with E-state index in [-0.39, 0.29) is 24.3 Å². The molecule has 0 unspecified atom stereocenters. The number of halogens is 2. The molecule has 0 bridgehead atoms. The average molecular weight is 386 g/mol. The zero-order valence-electron chi connectivity index (χ0n) is 11.7. The Morgan fingerprint density at radius 3 is 2.50 bits per heavy atom. The van der Waals surface area contributed by atoms with Crippen LogP contribution in [0, 0.1) is 0 Å². The van der Waals surface area contributed by atoms with Crippen LogP contribution in [0.1, 0.15) is 29.1 Å². The minimum atomic E-state index is -0.444. The zero-order chi connectivity index (χ0) is 16.1. The first-order valence-electron chi connectivity index (χ1n) is 6.54. The van der Waals surface area contributed by atoms with Gasteiger partial charge in [0.2, 0.25) is 5.91 Å². The van der Waals surface area contributed by atoms with Gasteiger partial charge in [0, 0.05) is 5.02 Å². The van der Waals surface area contributed by atoms with E-state index >= 15 is 0 Å². The summed E-state index contributed by atoms with van der Waals surface area (Å²) < 4.78 is 5.56. The van der Waals surface area contributed by atoms with Crippen LogP contribution in [0.3, 0.4) is 0 Å². The highest BCUT2D eigenvalue weighted by Gasteiger charge is 2.13. The monoisotopic (exact) mass is 384 g/mol. The van der Waals surface area contributed by atoms with Gasteiger partial charge in [0.05, 0.1) is 12.6 Å². The molecule has 5 nitrogen and oxygen atoms in total. The molecule has 0 aliphatic rings. The van der Waals surface area contributed by atoms with Gasteiger partial charge in [-0.25, -0.2) is 0 Å². The molecule has 1 heterocycles. The summed E-state index contributed by atoms with van der Waals surface area (Å²) in [5.41, 5.74) is 0.930. The number of carbonyl (C=O) groups is 2. The van der Waals surface area contributed by atoms with Crippen molar-refractivity contribution in [3.63, 3.8) is 0 Å². The van der Waals surface area contributed by atoms with Gasteiger partial charge in [0.25, 0.3) is 5.91 Å². The topological polar surface area (TPSA) is 71.3 Å². The molecule has 2 rings (SSSR count). The highest BCUT2D eigenvalue weighted by molar-refractivity contribution is 9.10. The van der Waals surface area contributed by atoms with Gasteiger partial charge in [-0.05, 0) is 52.7 Å². The summed E-state index contributed by atoms with van der Waals surface area (Å²) in [4.78, 5) is 23.6. The van der Waals surface area contributed by atoms with E-state index in [2.05, 4.69) is 26.6 Å². The number of carbonyl (C=O) groups excluding carboxylic acids is 2. The van der Waals surface area contributed by atoms with Crippen molar-refractivity contribution in [2.75, 3.05) is 6.54 Å². The van der Waals surface area contributed by atoms with Gasteiger partial charge in [-0.2, -0.15) is 0 Å². The van der Waals surface area contributed by atoms with Gasteiger partial charge in [-0.3, -0.25) is 9.59 Å². The molecule has 2 aromatic rings. The van der Waals surface area contributed by atoms with Crippen molar-refractivity contribution >= 4 is 39.3 Å². The molecule has 0 radical (unpaired) electrons. The molecule has 1 aromatic carbocycles. The molecule has 22 heavy (non-hydrogen) atoms. The van der Waals surface area contributed by atoms with E-state index in [4.69, 9.17) is 16.0 Å². The second kappa shape index (κ2) is 7.47. The molecule has 2 N–H and O–H groups in total. The smallest absolute Gasteiger partial charge is 0.287 e. The summed E-state index contributed by atoms with van der Waals surface area (Å²) in [6, 6.07) is 10.1. The fourth-order valence-corrected chi connectivity index (χ4v) is 2.24. The van der Waals surface area contributed by atoms with Gasteiger partial charge in [0.1, 0.15) is 0 Å². The molecule has 116 valence electrons. The third-order valence-electron chi connectivity index (χ3n) is 2.95. The standard InChI is InChI=1S/C15H14BrClN2O3/c1-9(10-2-4-11(17)5-3-10)19-14(20)8-18-15(21)12-6-7-13(16)22-12/h2-7,9H,8H2,1H3,(H,18,21)(H,19,20)/t9-/m0/s1. The predicted octanol–water partition coefficient (Wildman–Crippen LogP) is 3.30. The summed E-state index contributed by atoms with van der Waals surface area (Å²) in [5.74, 6) is -0.591. The van der Waals surface area contributed by atoms with Crippen molar-refractivity contribution in [3.8, 4) is 0 Å². The Kier molecular flexibility index (Phi) is 5.63. The fourth-order valence-electron chi connectivity index (χ4n) is 1.81. The average Bonchev–Trinajstić information content (AvgIpc) is 2.92. The number of furan rings is 1. The van der Waals surface area contributed by atoms with E-state index < -0.39 is 5.91 Å². The van der Waals surface area contributed by atoms with Crippen LogP contribution in [0.15, 0.2) is 45.5 Å².